The number of carbonyl (C=O) groups is 2. The van der Waals surface area contributed by atoms with Crippen LogP contribution in [0.2, 0.25) is 10.0 Å². The van der Waals surface area contributed by atoms with Crippen molar-refractivity contribution >= 4 is 51.9 Å². The molecule has 1 aliphatic carbocycles. The number of aromatic carboxylic acids is 1. The van der Waals surface area contributed by atoms with Crippen LogP contribution in [0.25, 0.3) is 10.9 Å². The Labute approximate surface area is 261 Å². The van der Waals surface area contributed by atoms with Gasteiger partial charge >= 0.3 is 18.2 Å². The number of alkyl halides is 3. The number of cyclic esters (lactones) is 1. The van der Waals surface area contributed by atoms with Gasteiger partial charge in [-0.15, -0.1) is 0 Å². The maximum atomic E-state index is 13.6. The van der Waals surface area contributed by atoms with Crippen LogP contribution in [-0.2, 0) is 15.1 Å². The van der Waals surface area contributed by atoms with Gasteiger partial charge in [0.15, 0.2) is 6.23 Å². The van der Waals surface area contributed by atoms with Gasteiger partial charge in [-0.2, -0.15) is 13.2 Å². The lowest BCUT2D eigenvalue weighted by molar-refractivity contribution is -0.239. The van der Waals surface area contributed by atoms with Gasteiger partial charge < -0.3 is 34.5 Å². The number of anilines is 1. The first-order valence-corrected chi connectivity index (χ1v) is 14.0. The normalized spacial score (nSPS) is 25.6. The number of aliphatic hydroxyl groups is 3. The van der Waals surface area contributed by atoms with Crippen LogP contribution < -0.4 is 10.7 Å². The van der Waals surface area contributed by atoms with Gasteiger partial charge in [-0.25, -0.2) is 9.59 Å². The Morgan fingerprint density at radius 3 is 2.36 bits per heavy atom. The Morgan fingerprint density at radius 1 is 1.09 bits per heavy atom. The van der Waals surface area contributed by atoms with Crippen LogP contribution in [0.3, 0.4) is 0 Å². The zero-order valence-corrected chi connectivity index (χ0v) is 24.2. The maximum Gasteiger partial charge on any atom is 0.445 e. The summed E-state index contributed by atoms with van der Waals surface area (Å²) < 4.78 is 52.1. The van der Waals surface area contributed by atoms with Gasteiger partial charge in [-0.05, 0) is 55.2 Å². The minimum absolute atomic E-state index is 0.00179. The van der Waals surface area contributed by atoms with E-state index >= 15 is 0 Å². The minimum atomic E-state index is -4.87. The third-order valence-corrected chi connectivity index (χ3v) is 7.76. The zero-order valence-electron chi connectivity index (χ0n) is 22.7. The van der Waals surface area contributed by atoms with Crippen molar-refractivity contribution in [2.45, 2.75) is 49.2 Å². The van der Waals surface area contributed by atoms with Crippen LogP contribution in [0.15, 0.2) is 47.4 Å². The van der Waals surface area contributed by atoms with Gasteiger partial charge in [0.1, 0.15) is 23.9 Å². The summed E-state index contributed by atoms with van der Waals surface area (Å²) in [5.41, 5.74) is -4.24. The maximum absolute atomic E-state index is 13.6. The quantitative estimate of drug-likeness (QED) is 0.258. The molecular weight excluding hydrogens is 648 g/mol. The summed E-state index contributed by atoms with van der Waals surface area (Å²) in [5, 5.41) is 41.1. The van der Waals surface area contributed by atoms with Crippen molar-refractivity contribution in [3.05, 3.63) is 74.0 Å². The molecule has 238 valence electrons. The van der Waals surface area contributed by atoms with Gasteiger partial charge in [-0.1, -0.05) is 29.1 Å². The van der Waals surface area contributed by atoms with Crippen molar-refractivity contribution in [1.29, 1.82) is 0 Å². The number of ether oxygens (including phenoxy) is 2. The Balaban J connectivity index is 0.000000179. The summed E-state index contributed by atoms with van der Waals surface area (Å²) in [4.78, 5) is 35.2. The van der Waals surface area contributed by atoms with E-state index < -0.39 is 66.0 Å². The number of carboxylic acids is 1. The third-order valence-electron chi connectivity index (χ3n) is 7.29. The van der Waals surface area contributed by atoms with E-state index in [1.807, 2.05) is 0 Å². The fourth-order valence-corrected chi connectivity index (χ4v) is 5.20. The molecule has 45 heavy (non-hydrogen) atoms. The summed E-state index contributed by atoms with van der Waals surface area (Å²) in [6, 6.07) is 8.12. The van der Waals surface area contributed by atoms with Gasteiger partial charge in [-0.3, -0.25) is 10.1 Å². The molecular formula is C29H23Cl2F3N2O9. The number of pyridine rings is 1. The molecule has 6 rings (SSSR count). The predicted molar refractivity (Wildman–Crippen MR) is 153 cm³/mol. The molecule has 3 heterocycles. The number of carbonyl (C=O) groups excluding carboxylic acids is 1. The van der Waals surface area contributed by atoms with Crippen LogP contribution in [0.5, 0.6) is 0 Å². The van der Waals surface area contributed by atoms with Crippen molar-refractivity contribution in [3.63, 3.8) is 0 Å². The number of aromatic nitrogens is 1. The molecule has 1 amide bonds. The number of fused-ring (bicyclic) bond motifs is 2. The summed E-state index contributed by atoms with van der Waals surface area (Å²) in [6.45, 7) is -0.523. The van der Waals surface area contributed by atoms with Crippen molar-refractivity contribution in [2.24, 2.45) is 5.92 Å². The average Bonchev–Trinajstić information content (AvgIpc) is 3.76. The predicted octanol–water partition coefficient (Wildman–Crippen LogP) is 4.04. The van der Waals surface area contributed by atoms with E-state index in [9.17, 15) is 48.0 Å². The number of rotatable bonds is 3. The summed E-state index contributed by atoms with van der Waals surface area (Å²) in [5.74, 6) is 3.16. The second kappa shape index (κ2) is 12.2. The highest BCUT2D eigenvalue weighted by Crippen LogP contribution is 2.48. The SMILES string of the molecule is O=C(O)c1cn(C2OC(CO)C(O)C2O)c2ccc(Cl)cc2c1=O.O=C1Nc2ccc(Cl)cc2[C@@](C#CC2CC2)(C(F)(F)F)O1. The molecule has 5 atom stereocenters. The topological polar surface area (TPSA) is 168 Å². The number of nitrogens with zero attached hydrogens (tertiary/aromatic N) is 1. The van der Waals surface area contributed by atoms with Crippen LogP contribution in [0.1, 0.15) is 35.0 Å². The van der Waals surface area contributed by atoms with E-state index in [1.54, 1.807) is 0 Å². The van der Waals surface area contributed by atoms with Crippen molar-refractivity contribution in [2.75, 3.05) is 11.9 Å². The molecule has 11 nitrogen and oxygen atoms in total. The molecule has 16 heteroatoms. The molecule has 0 spiro atoms. The van der Waals surface area contributed by atoms with Gasteiger partial charge in [0.2, 0.25) is 5.43 Å². The van der Waals surface area contributed by atoms with Crippen molar-refractivity contribution in [1.82, 2.24) is 4.57 Å². The molecule has 1 saturated heterocycles. The van der Waals surface area contributed by atoms with E-state index in [0.717, 1.165) is 25.1 Å². The second-order valence-corrected chi connectivity index (χ2v) is 11.3. The Morgan fingerprint density at radius 2 is 1.76 bits per heavy atom. The summed E-state index contributed by atoms with van der Waals surface area (Å²) in [7, 11) is 0. The van der Waals surface area contributed by atoms with Gasteiger partial charge in [0, 0.05) is 33.1 Å². The summed E-state index contributed by atoms with van der Waals surface area (Å²) in [6.07, 6.45) is -8.45. The molecule has 2 aliphatic heterocycles. The van der Waals surface area contributed by atoms with Crippen LogP contribution in [0.4, 0.5) is 23.7 Å². The standard InChI is InChI=1S/C15H14ClNO7.C14H9ClF3NO2/c16-6-1-2-9-7(3-6)11(19)8(15(22)23)4-17(9)14-13(21)12(20)10(5-18)24-14;15-9-3-4-11-10(7-9)13(14(16,17)18,21-12(20)19-11)6-5-8-1-2-8/h1-4,10,12-14,18,20-21H,5H2,(H,22,23);3-4,7-8H,1-2H2,(H,19,20)/t;13-/m.0/s1. The second-order valence-electron chi connectivity index (χ2n) is 10.4. The number of hydrogen-bond donors (Lipinski definition) is 5. The monoisotopic (exact) mass is 670 g/mol. The molecule has 0 bridgehead atoms. The molecule has 0 radical (unpaired) electrons. The average molecular weight is 671 g/mol. The lowest BCUT2D eigenvalue weighted by atomic mass is 9.90. The molecule has 5 N–H and O–H groups in total. The van der Waals surface area contributed by atoms with Gasteiger partial charge in [0.05, 0.1) is 17.8 Å². The first kappa shape index (κ1) is 32.6. The van der Waals surface area contributed by atoms with Gasteiger partial charge in [0.25, 0.3) is 5.60 Å². The third kappa shape index (κ3) is 6.19. The highest BCUT2D eigenvalue weighted by Gasteiger charge is 2.62. The van der Waals surface area contributed by atoms with Crippen LogP contribution >= 0.6 is 23.2 Å². The number of nitrogens with one attached hydrogen (secondary N) is 1. The first-order chi connectivity index (χ1) is 21.2. The first-order valence-electron chi connectivity index (χ1n) is 13.3. The lowest BCUT2D eigenvalue weighted by Gasteiger charge is -2.35. The zero-order chi connectivity index (χ0) is 32.8. The van der Waals surface area contributed by atoms with Crippen molar-refractivity contribution in [3.8, 4) is 11.8 Å². The molecule has 2 aromatic carbocycles. The number of carboxylic acid groups (broad SMARTS) is 1. The fraction of sp³-hybridized carbons (Fsp3) is 0.345. The number of benzene rings is 2. The Bertz CT molecular complexity index is 1800. The van der Waals surface area contributed by atoms with E-state index in [0.29, 0.717) is 0 Å². The number of hydrogen-bond acceptors (Lipinski definition) is 8. The Hall–Kier alpha value is -3.84. The smallest absolute Gasteiger partial charge is 0.445 e. The van der Waals surface area contributed by atoms with E-state index in [-0.39, 0.29) is 38.1 Å². The van der Waals surface area contributed by atoms with Crippen LogP contribution in [0, 0.1) is 17.8 Å². The molecule has 4 unspecified atom stereocenters. The van der Waals surface area contributed by atoms with E-state index in [4.69, 9.17) is 27.9 Å². The van der Waals surface area contributed by atoms with Crippen LogP contribution in [-0.4, -0.2) is 68.2 Å². The molecule has 1 aromatic heterocycles. The van der Waals surface area contributed by atoms with Crippen molar-refractivity contribution < 1.29 is 52.7 Å². The lowest BCUT2D eigenvalue weighted by Crippen LogP contribution is -2.49. The molecule has 2 fully saturated rings. The number of halogens is 5. The minimum Gasteiger partial charge on any atom is -0.477 e. The van der Waals surface area contributed by atoms with E-state index in [1.165, 1.54) is 34.9 Å². The molecule has 3 aliphatic rings. The Kier molecular flexibility index (Phi) is 8.80. The number of amides is 1. The largest absolute Gasteiger partial charge is 0.477 e. The highest BCUT2D eigenvalue weighted by atomic mass is 35.5. The molecule has 3 aromatic rings. The fourth-order valence-electron chi connectivity index (χ4n) is 4.85. The summed E-state index contributed by atoms with van der Waals surface area (Å²) >= 11 is 11.7. The van der Waals surface area contributed by atoms with E-state index in [2.05, 4.69) is 21.9 Å². The number of aliphatic hydroxyl groups excluding tert-OH is 3. The molecule has 1 saturated carbocycles. The highest BCUT2D eigenvalue weighted by molar-refractivity contribution is 6.31.